The van der Waals surface area contributed by atoms with Crippen LogP contribution in [0.15, 0.2) is 12.1 Å². The van der Waals surface area contributed by atoms with Crippen LogP contribution in [0.2, 0.25) is 0 Å². The van der Waals surface area contributed by atoms with Crippen LogP contribution in [-0.2, 0) is 0 Å². The molecular weight excluding hydrogens is 282 g/mol. The van der Waals surface area contributed by atoms with E-state index in [4.69, 9.17) is 11.5 Å². The van der Waals surface area contributed by atoms with E-state index in [0.29, 0.717) is 5.82 Å². The van der Waals surface area contributed by atoms with Gasteiger partial charge in [-0.15, -0.1) is 37.2 Å². The lowest BCUT2D eigenvalue weighted by Crippen LogP contribution is -2.02. The summed E-state index contributed by atoms with van der Waals surface area (Å²) in [6.45, 7) is 4.04. The van der Waals surface area contributed by atoms with Crippen LogP contribution >= 0.6 is 37.2 Å². The second-order valence-corrected chi connectivity index (χ2v) is 3.37. The Morgan fingerprint density at radius 2 is 1.53 bits per heavy atom. The van der Waals surface area contributed by atoms with Gasteiger partial charge in [-0.2, -0.15) is 4.98 Å². The molecule has 0 bridgehead atoms. The molecule has 2 rings (SSSR count). The van der Waals surface area contributed by atoms with Crippen molar-refractivity contribution in [2.75, 3.05) is 11.5 Å². The second kappa shape index (κ2) is 6.69. The largest absolute Gasteiger partial charge is 0.383 e. The van der Waals surface area contributed by atoms with Gasteiger partial charge in [0.15, 0.2) is 0 Å². The van der Waals surface area contributed by atoms with Crippen molar-refractivity contribution in [3.8, 4) is 0 Å². The fourth-order valence-electron chi connectivity index (χ4n) is 1.55. The van der Waals surface area contributed by atoms with E-state index in [1.807, 2.05) is 26.0 Å². The molecule has 4 N–H and O–H groups in total. The predicted octanol–water partition coefficient (Wildman–Crippen LogP) is 2.68. The fourth-order valence-corrected chi connectivity index (χ4v) is 1.55. The summed E-state index contributed by atoms with van der Waals surface area (Å²) < 4.78 is 0. The number of anilines is 2. The van der Waals surface area contributed by atoms with Gasteiger partial charge in [0, 0.05) is 5.39 Å². The Hall–Kier alpha value is -0.970. The summed E-state index contributed by atoms with van der Waals surface area (Å²) >= 11 is 0. The molecule has 0 atom stereocenters. The van der Waals surface area contributed by atoms with Crippen LogP contribution in [0.1, 0.15) is 11.1 Å². The highest BCUT2D eigenvalue weighted by Crippen LogP contribution is 2.24. The molecule has 17 heavy (non-hydrogen) atoms. The van der Waals surface area contributed by atoms with E-state index in [2.05, 4.69) is 9.97 Å². The SMILES string of the molecule is Cc1ccc2nc(N)nc(N)c2c1C.Cl.Cl.Cl. The van der Waals surface area contributed by atoms with Gasteiger partial charge < -0.3 is 11.5 Å². The van der Waals surface area contributed by atoms with Gasteiger partial charge in [-0.3, -0.25) is 0 Å². The maximum atomic E-state index is 5.80. The van der Waals surface area contributed by atoms with Crippen LogP contribution in [-0.4, -0.2) is 9.97 Å². The summed E-state index contributed by atoms with van der Waals surface area (Å²) in [6.07, 6.45) is 0. The smallest absolute Gasteiger partial charge is 0.222 e. The summed E-state index contributed by atoms with van der Waals surface area (Å²) in [6, 6.07) is 3.91. The van der Waals surface area contributed by atoms with Gasteiger partial charge in [0.25, 0.3) is 0 Å². The third-order valence-electron chi connectivity index (χ3n) is 2.44. The zero-order chi connectivity index (χ0) is 10.3. The van der Waals surface area contributed by atoms with Crippen molar-refractivity contribution in [2.45, 2.75) is 13.8 Å². The van der Waals surface area contributed by atoms with Crippen molar-refractivity contribution in [3.63, 3.8) is 0 Å². The van der Waals surface area contributed by atoms with Gasteiger partial charge in [-0.25, -0.2) is 4.98 Å². The van der Waals surface area contributed by atoms with Gasteiger partial charge in [0.05, 0.1) is 5.52 Å². The number of rotatable bonds is 0. The first-order chi connectivity index (χ1) is 6.59. The average Bonchev–Trinajstić information content (AvgIpc) is 2.10. The molecule has 0 amide bonds. The van der Waals surface area contributed by atoms with Gasteiger partial charge in [0.1, 0.15) is 5.82 Å². The molecule has 0 aliphatic rings. The molecule has 0 unspecified atom stereocenters. The number of benzene rings is 1. The molecule has 0 radical (unpaired) electrons. The van der Waals surface area contributed by atoms with Crippen LogP contribution in [0.4, 0.5) is 11.8 Å². The van der Waals surface area contributed by atoms with Gasteiger partial charge in [-0.05, 0) is 31.0 Å². The predicted molar refractivity (Wildman–Crippen MR) is 79.6 cm³/mol. The quantitative estimate of drug-likeness (QED) is 0.783. The molecule has 1 aromatic heterocycles. The summed E-state index contributed by atoms with van der Waals surface area (Å²) in [5, 5.41) is 0.902. The zero-order valence-electron chi connectivity index (χ0n) is 9.43. The van der Waals surface area contributed by atoms with Crippen molar-refractivity contribution in [3.05, 3.63) is 23.3 Å². The van der Waals surface area contributed by atoms with Crippen LogP contribution in [0, 0.1) is 13.8 Å². The minimum absolute atomic E-state index is 0. The summed E-state index contributed by atoms with van der Waals surface area (Å²) in [7, 11) is 0. The number of hydrogen-bond acceptors (Lipinski definition) is 4. The highest BCUT2D eigenvalue weighted by atomic mass is 35.5. The van der Waals surface area contributed by atoms with E-state index in [9.17, 15) is 0 Å². The topological polar surface area (TPSA) is 77.8 Å². The molecule has 0 fully saturated rings. The molecule has 7 heteroatoms. The lowest BCUT2D eigenvalue weighted by atomic mass is 10.0. The van der Waals surface area contributed by atoms with Crippen LogP contribution in [0.3, 0.4) is 0 Å². The van der Waals surface area contributed by atoms with Crippen molar-refractivity contribution in [1.29, 1.82) is 0 Å². The number of aryl methyl sites for hydroxylation is 2. The number of nitrogens with zero attached hydrogens (tertiary/aromatic N) is 2. The minimum Gasteiger partial charge on any atom is -0.383 e. The van der Waals surface area contributed by atoms with Crippen LogP contribution in [0.25, 0.3) is 10.9 Å². The molecule has 96 valence electrons. The third-order valence-corrected chi connectivity index (χ3v) is 2.44. The highest BCUT2D eigenvalue weighted by Gasteiger charge is 2.07. The number of nitrogen functional groups attached to an aromatic ring is 2. The van der Waals surface area contributed by atoms with Crippen molar-refractivity contribution < 1.29 is 0 Å². The highest BCUT2D eigenvalue weighted by molar-refractivity contribution is 5.92. The lowest BCUT2D eigenvalue weighted by Gasteiger charge is -2.07. The number of hydrogen-bond donors (Lipinski definition) is 2. The number of aromatic nitrogens is 2. The zero-order valence-corrected chi connectivity index (χ0v) is 11.9. The molecule has 0 aliphatic carbocycles. The lowest BCUT2D eigenvalue weighted by molar-refractivity contribution is 1.23. The maximum absolute atomic E-state index is 5.80. The van der Waals surface area contributed by atoms with Gasteiger partial charge >= 0.3 is 0 Å². The maximum Gasteiger partial charge on any atom is 0.222 e. The molecule has 0 aliphatic heterocycles. The monoisotopic (exact) mass is 296 g/mol. The van der Waals surface area contributed by atoms with Gasteiger partial charge in [0.2, 0.25) is 5.95 Å². The Morgan fingerprint density at radius 1 is 0.941 bits per heavy atom. The first kappa shape index (κ1) is 18.4. The first-order valence-electron chi connectivity index (χ1n) is 4.38. The van der Waals surface area contributed by atoms with E-state index < -0.39 is 0 Å². The van der Waals surface area contributed by atoms with Gasteiger partial charge in [-0.1, -0.05) is 6.07 Å². The molecule has 2 aromatic rings. The fraction of sp³-hybridized carbons (Fsp3) is 0.200. The van der Waals surface area contributed by atoms with E-state index in [-0.39, 0.29) is 43.2 Å². The molecule has 0 spiro atoms. The molecule has 1 aromatic carbocycles. The minimum atomic E-state index is 0. The summed E-state index contributed by atoms with van der Waals surface area (Å²) in [5.41, 5.74) is 14.4. The number of fused-ring (bicyclic) bond motifs is 1. The number of nitrogens with two attached hydrogens (primary N) is 2. The summed E-state index contributed by atoms with van der Waals surface area (Å²) in [4.78, 5) is 8.07. The Balaban J connectivity index is 0. The Morgan fingerprint density at radius 3 is 2.12 bits per heavy atom. The summed E-state index contributed by atoms with van der Waals surface area (Å²) in [5.74, 6) is 0.673. The van der Waals surface area contributed by atoms with Crippen molar-refractivity contribution in [1.82, 2.24) is 9.97 Å². The standard InChI is InChI=1S/C10H12N4.3ClH/c1-5-3-4-7-8(6(5)2)9(11)14-10(12)13-7;;;/h3-4H,1-2H3,(H4,11,12,13,14);3*1H. The first-order valence-corrected chi connectivity index (χ1v) is 4.38. The normalized spacial score (nSPS) is 8.82. The van der Waals surface area contributed by atoms with E-state index in [1.54, 1.807) is 0 Å². The second-order valence-electron chi connectivity index (χ2n) is 3.37. The van der Waals surface area contributed by atoms with Crippen molar-refractivity contribution >= 4 is 59.9 Å². The third kappa shape index (κ3) is 3.25. The Kier molecular flexibility index (Phi) is 7.24. The van der Waals surface area contributed by atoms with E-state index in [0.717, 1.165) is 16.5 Å². The molecular formula is C10H15Cl3N4. The molecule has 0 saturated carbocycles. The Labute approximate surface area is 118 Å². The van der Waals surface area contributed by atoms with E-state index >= 15 is 0 Å². The number of halogens is 3. The van der Waals surface area contributed by atoms with Crippen molar-refractivity contribution in [2.24, 2.45) is 0 Å². The Bertz CT molecular complexity index is 516. The van der Waals surface area contributed by atoms with Crippen LogP contribution < -0.4 is 11.5 Å². The molecule has 0 saturated heterocycles. The van der Waals surface area contributed by atoms with Crippen LogP contribution in [0.5, 0.6) is 0 Å². The average molecular weight is 298 g/mol. The van der Waals surface area contributed by atoms with E-state index in [1.165, 1.54) is 5.56 Å². The molecule has 1 heterocycles. The molecule has 4 nitrogen and oxygen atoms in total.